The molecular weight excluding hydrogens is 152 g/mol. The van der Waals surface area contributed by atoms with E-state index in [4.69, 9.17) is 0 Å². The third-order valence-corrected chi connectivity index (χ3v) is 1.80. The summed E-state index contributed by atoms with van der Waals surface area (Å²) in [5.74, 6) is 0.621. The lowest BCUT2D eigenvalue weighted by Gasteiger charge is -1.95. The van der Waals surface area contributed by atoms with Gasteiger partial charge in [0.1, 0.15) is 11.9 Å². The molecule has 0 aliphatic carbocycles. The fraction of sp³-hybridized carbons (Fsp3) is 0.222. The minimum atomic E-state index is -0.530. The number of rotatable bonds is 1. The highest BCUT2D eigenvalue weighted by atomic mass is 16.3. The number of benzene rings is 1. The van der Waals surface area contributed by atoms with E-state index in [1.807, 2.05) is 24.3 Å². The number of H-pyrrole nitrogens is 1. The smallest absolute Gasteiger partial charge is 0.135 e. The third kappa shape index (κ3) is 1.08. The molecule has 0 saturated carbocycles. The van der Waals surface area contributed by atoms with E-state index in [9.17, 15) is 5.11 Å². The fourth-order valence-corrected chi connectivity index (χ4v) is 1.17. The van der Waals surface area contributed by atoms with Crippen molar-refractivity contribution >= 4 is 11.0 Å². The molecule has 1 aromatic heterocycles. The van der Waals surface area contributed by atoms with Crippen molar-refractivity contribution < 1.29 is 5.11 Å². The third-order valence-electron chi connectivity index (χ3n) is 1.80. The second kappa shape index (κ2) is 2.60. The molecule has 62 valence electrons. The van der Waals surface area contributed by atoms with Gasteiger partial charge in [0.05, 0.1) is 11.0 Å². The topological polar surface area (TPSA) is 48.9 Å². The Kier molecular flexibility index (Phi) is 1.59. The number of fused-ring (bicyclic) bond motifs is 1. The van der Waals surface area contributed by atoms with Gasteiger partial charge in [0, 0.05) is 0 Å². The summed E-state index contributed by atoms with van der Waals surface area (Å²) < 4.78 is 0. The zero-order valence-electron chi connectivity index (χ0n) is 6.78. The number of nitrogens with zero attached hydrogens (tertiary/aromatic N) is 1. The number of hydrogen-bond donors (Lipinski definition) is 2. The highest BCUT2D eigenvalue weighted by molar-refractivity contribution is 5.74. The summed E-state index contributed by atoms with van der Waals surface area (Å²) in [6.45, 7) is 1.69. The van der Waals surface area contributed by atoms with Crippen LogP contribution < -0.4 is 0 Å². The van der Waals surface area contributed by atoms with Gasteiger partial charge in [0.25, 0.3) is 0 Å². The van der Waals surface area contributed by atoms with Gasteiger partial charge in [-0.2, -0.15) is 0 Å². The average molecular weight is 162 g/mol. The average Bonchev–Trinajstić information content (AvgIpc) is 2.46. The monoisotopic (exact) mass is 162 g/mol. The number of aliphatic hydroxyl groups is 1. The number of aromatic nitrogens is 2. The summed E-state index contributed by atoms with van der Waals surface area (Å²) in [7, 11) is 0. The van der Waals surface area contributed by atoms with E-state index in [0.717, 1.165) is 11.0 Å². The van der Waals surface area contributed by atoms with Crippen LogP contribution in [-0.4, -0.2) is 15.1 Å². The molecule has 1 atom stereocenters. The Morgan fingerprint density at radius 1 is 1.42 bits per heavy atom. The number of imidazole rings is 1. The fourth-order valence-electron chi connectivity index (χ4n) is 1.17. The van der Waals surface area contributed by atoms with Gasteiger partial charge in [0.2, 0.25) is 0 Å². The van der Waals surface area contributed by atoms with Crippen LogP contribution in [0.25, 0.3) is 11.0 Å². The van der Waals surface area contributed by atoms with Crippen LogP contribution >= 0.6 is 0 Å². The van der Waals surface area contributed by atoms with Crippen LogP contribution in [0.15, 0.2) is 24.3 Å². The Hall–Kier alpha value is -1.35. The van der Waals surface area contributed by atoms with Gasteiger partial charge < -0.3 is 10.1 Å². The Morgan fingerprint density at radius 3 is 2.83 bits per heavy atom. The second-order valence-electron chi connectivity index (χ2n) is 2.82. The predicted octanol–water partition coefficient (Wildman–Crippen LogP) is 1.62. The van der Waals surface area contributed by atoms with E-state index in [0.29, 0.717) is 5.82 Å². The molecule has 0 unspecified atom stereocenters. The van der Waals surface area contributed by atoms with Gasteiger partial charge >= 0.3 is 0 Å². The maximum absolute atomic E-state index is 9.23. The number of hydrogen-bond acceptors (Lipinski definition) is 2. The summed E-state index contributed by atoms with van der Waals surface area (Å²) in [5.41, 5.74) is 1.86. The predicted molar refractivity (Wildman–Crippen MR) is 46.7 cm³/mol. The molecule has 0 aliphatic heterocycles. The molecule has 0 saturated heterocycles. The largest absolute Gasteiger partial charge is 0.385 e. The number of para-hydroxylation sites is 2. The molecule has 3 nitrogen and oxygen atoms in total. The molecule has 0 radical (unpaired) electrons. The van der Waals surface area contributed by atoms with Crippen LogP contribution in [0.4, 0.5) is 0 Å². The summed E-state index contributed by atoms with van der Waals surface area (Å²) >= 11 is 0. The maximum Gasteiger partial charge on any atom is 0.135 e. The SMILES string of the molecule is C[C@H](O)c1nc2ccccc2[nH]1. The van der Waals surface area contributed by atoms with Gasteiger partial charge in [-0.05, 0) is 19.1 Å². The molecule has 2 rings (SSSR count). The Bertz CT molecular complexity index is 359. The molecule has 0 fully saturated rings. The van der Waals surface area contributed by atoms with E-state index in [-0.39, 0.29) is 0 Å². The lowest BCUT2D eigenvalue weighted by Crippen LogP contribution is -1.92. The standard InChI is InChI=1S/C9H10N2O/c1-6(12)9-10-7-4-2-3-5-8(7)11-9/h2-6,12H,1H3,(H,10,11)/t6-/m0/s1. The van der Waals surface area contributed by atoms with Crippen molar-refractivity contribution in [3.05, 3.63) is 30.1 Å². The normalized spacial score (nSPS) is 13.5. The van der Waals surface area contributed by atoms with Crippen LogP contribution in [-0.2, 0) is 0 Å². The van der Waals surface area contributed by atoms with E-state index < -0.39 is 6.10 Å². The molecule has 3 heteroatoms. The van der Waals surface area contributed by atoms with Gasteiger partial charge in [-0.1, -0.05) is 12.1 Å². The summed E-state index contributed by atoms with van der Waals surface area (Å²) in [6, 6.07) is 7.72. The van der Waals surface area contributed by atoms with Crippen LogP contribution in [0.3, 0.4) is 0 Å². The van der Waals surface area contributed by atoms with E-state index in [1.165, 1.54) is 0 Å². The Balaban J connectivity index is 2.62. The molecule has 2 N–H and O–H groups in total. The van der Waals surface area contributed by atoms with Crippen molar-refractivity contribution in [3.8, 4) is 0 Å². The zero-order chi connectivity index (χ0) is 8.55. The van der Waals surface area contributed by atoms with Crippen molar-refractivity contribution in [1.29, 1.82) is 0 Å². The van der Waals surface area contributed by atoms with Gasteiger partial charge in [-0.15, -0.1) is 0 Å². The molecule has 0 aliphatic rings. The van der Waals surface area contributed by atoms with Crippen molar-refractivity contribution in [3.63, 3.8) is 0 Å². The molecule has 12 heavy (non-hydrogen) atoms. The first-order chi connectivity index (χ1) is 5.77. The minimum Gasteiger partial charge on any atom is -0.385 e. The molecule has 1 aromatic carbocycles. The lowest BCUT2D eigenvalue weighted by atomic mass is 10.3. The molecular formula is C9H10N2O. The highest BCUT2D eigenvalue weighted by Crippen LogP contribution is 2.14. The van der Waals surface area contributed by atoms with E-state index in [2.05, 4.69) is 9.97 Å². The molecule has 2 aromatic rings. The molecule has 1 heterocycles. The van der Waals surface area contributed by atoms with Crippen LogP contribution in [0.5, 0.6) is 0 Å². The quantitative estimate of drug-likeness (QED) is 0.669. The summed E-state index contributed by atoms with van der Waals surface area (Å²) in [6.07, 6.45) is -0.530. The Labute approximate surface area is 70.1 Å². The molecule has 0 bridgehead atoms. The van der Waals surface area contributed by atoms with E-state index >= 15 is 0 Å². The van der Waals surface area contributed by atoms with Crippen molar-refractivity contribution in [2.24, 2.45) is 0 Å². The first-order valence-electron chi connectivity index (χ1n) is 3.90. The Morgan fingerprint density at radius 2 is 2.17 bits per heavy atom. The van der Waals surface area contributed by atoms with Gasteiger partial charge in [-0.3, -0.25) is 0 Å². The van der Waals surface area contributed by atoms with Gasteiger partial charge in [-0.25, -0.2) is 4.98 Å². The number of aromatic amines is 1. The maximum atomic E-state index is 9.23. The second-order valence-corrected chi connectivity index (χ2v) is 2.82. The van der Waals surface area contributed by atoms with E-state index in [1.54, 1.807) is 6.92 Å². The van der Waals surface area contributed by atoms with Crippen LogP contribution in [0, 0.1) is 0 Å². The van der Waals surface area contributed by atoms with Crippen molar-refractivity contribution in [2.75, 3.05) is 0 Å². The summed E-state index contributed by atoms with van der Waals surface area (Å²) in [5, 5.41) is 9.23. The molecule has 0 spiro atoms. The highest BCUT2D eigenvalue weighted by Gasteiger charge is 2.05. The van der Waals surface area contributed by atoms with Gasteiger partial charge in [0.15, 0.2) is 0 Å². The van der Waals surface area contributed by atoms with Crippen LogP contribution in [0.1, 0.15) is 18.9 Å². The number of aliphatic hydroxyl groups excluding tert-OH is 1. The summed E-state index contributed by atoms with van der Waals surface area (Å²) in [4.78, 5) is 7.24. The first kappa shape index (κ1) is 7.31. The van der Waals surface area contributed by atoms with Crippen LogP contribution in [0.2, 0.25) is 0 Å². The first-order valence-corrected chi connectivity index (χ1v) is 3.90. The number of nitrogens with one attached hydrogen (secondary N) is 1. The molecule has 0 amide bonds. The zero-order valence-corrected chi connectivity index (χ0v) is 6.78. The minimum absolute atomic E-state index is 0.530. The lowest BCUT2D eigenvalue weighted by molar-refractivity contribution is 0.190. The van der Waals surface area contributed by atoms with Crippen molar-refractivity contribution in [2.45, 2.75) is 13.0 Å². The van der Waals surface area contributed by atoms with Crippen molar-refractivity contribution in [1.82, 2.24) is 9.97 Å².